The van der Waals surface area contributed by atoms with E-state index in [1.165, 1.54) is 0 Å². The van der Waals surface area contributed by atoms with Gasteiger partial charge in [-0.3, -0.25) is 14.4 Å². The van der Waals surface area contributed by atoms with Gasteiger partial charge in [-0.25, -0.2) is 5.43 Å². The quantitative estimate of drug-likeness (QED) is 0.793. The molecule has 0 aliphatic heterocycles. The molecule has 2 amide bonds. The largest absolute Gasteiger partial charge is 0.326 e. The van der Waals surface area contributed by atoms with Crippen molar-refractivity contribution in [1.29, 1.82) is 0 Å². The molecule has 26 heavy (non-hydrogen) atoms. The van der Waals surface area contributed by atoms with Gasteiger partial charge in [0.1, 0.15) is 5.78 Å². The summed E-state index contributed by atoms with van der Waals surface area (Å²) in [7, 11) is 0. The molecule has 1 fully saturated rings. The van der Waals surface area contributed by atoms with Crippen LogP contribution in [-0.2, 0) is 14.4 Å². The standard InChI is InChI=1S/C20H27N3O3/c1-13-5-6-15(9-14(13)2)21-18(25)7-8-19(26)23-22-16-10-17(24)12-20(3,4)11-16/h5-6,9H,7-8,10-12H2,1-4H3,(H,21,25)(H,23,26)/b22-16+. The van der Waals surface area contributed by atoms with E-state index < -0.39 is 0 Å². The van der Waals surface area contributed by atoms with Crippen LogP contribution in [0.15, 0.2) is 23.3 Å². The molecule has 1 aromatic carbocycles. The Kier molecular flexibility index (Phi) is 6.29. The summed E-state index contributed by atoms with van der Waals surface area (Å²) < 4.78 is 0. The monoisotopic (exact) mass is 357 g/mol. The summed E-state index contributed by atoms with van der Waals surface area (Å²) in [6, 6.07) is 5.69. The average molecular weight is 357 g/mol. The van der Waals surface area contributed by atoms with E-state index in [0.717, 1.165) is 16.8 Å². The minimum atomic E-state index is -0.330. The van der Waals surface area contributed by atoms with E-state index in [-0.39, 0.29) is 42.3 Å². The van der Waals surface area contributed by atoms with Gasteiger partial charge in [0.25, 0.3) is 0 Å². The number of hydrogen-bond donors (Lipinski definition) is 2. The minimum Gasteiger partial charge on any atom is -0.326 e. The zero-order chi connectivity index (χ0) is 19.3. The van der Waals surface area contributed by atoms with E-state index in [0.29, 0.717) is 18.6 Å². The molecule has 1 aromatic rings. The lowest BCUT2D eigenvalue weighted by Gasteiger charge is -2.28. The van der Waals surface area contributed by atoms with Crippen molar-refractivity contribution in [3.8, 4) is 0 Å². The Morgan fingerprint density at radius 1 is 1.08 bits per heavy atom. The van der Waals surface area contributed by atoms with Crippen LogP contribution in [0, 0.1) is 19.3 Å². The van der Waals surface area contributed by atoms with Crippen LogP contribution in [0.4, 0.5) is 5.69 Å². The first-order valence-corrected chi connectivity index (χ1v) is 8.88. The minimum absolute atomic E-state index is 0.0464. The molecular formula is C20H27N3O3. The summed E-state index contributed by atoms with van der Waals surface area (Å²) in [6.07, 6.45) is 1.64. The van der Waals surface area contributed by atoms with Crippen molar-refractivity contribution in [1.82, 2.24) is 5.43 Å². The predicted molar refractivity (Wildman–Crippen MR) is 102 cm³/mol. The number of hydrazone groups is 1. The summed E-state index contributed by atoms with van der Waals surface area (Å²) in [5.74, 6) is -0.407. The van der Waals surface area contributed by atoms with E-state index >= 15 is 0 Å². The number of nitrogens with one attached hydrogen (secondary N) is 2. The molecule has 6 heteroatoms. The van der Waals surface area contributed by atoms with E-state index in [2.05, 4.69) is 15.8 Å². The number of benzene rings is 1. The Morgan fingerprint density at radius 3 is 2.42 bits per heavy atom. The summed E-state index contributed by atoms with van der Waals surface area (Å²) in [5, 5.41) is 6.86. The maximum atomic E-state index is 12.0. The Bertz CT molecular complexity index is 751. The zero-order valence-electron chi connectivity index (χ0n) is 15.9. The van der Waals surface area contributed by atoms with Gasteiger partial charge in [-0.15, -0.1) is 0 Å². The van der Waals surface area contributed by atoms with Crippen LogP contribution >= 0.6 is 0 Å². The number of amides is 2. The van der Waals surface area contributed by atoms with E-state index in [4.69, 9.17) is 0 Å². The molecule has 2 rings (SSSR count). The third-order valence-electron chi connectivity index (χ3n) is 4.47. The molecule has 0 heterocycles. The first kappa shape index (κ1) is 19.8. The van der Waals surface area contributed by atoms with Crippen molar-refractivity contribution in [3.05, 3.63) is 29.3 Å². The summed E-state index contributed by atoms with van der Waals surface area (Å²) >= 11 is 0. The van der Waals surface area contributed by atoms with Gasteiger partial charge in [-0.05, 0) is 48.9 Å². The predicted octanol–water partition coefficient (Wildman–Crippen LogP) is 3.27. The highest BCUT2D eigenvalue weighted by Gasteiger charge is 2.30. The summed E-state index contributed by atoms with van der Waals surface area (Å²) in [5.41, 5.74) is 6.02. The van der Waals surface area contributed by atoms with Gasteiger partial charge in [0.2, 0.25) is 11.8 Å². The van der Waals surface area contributed by atoms with E-state index in [1.807, 2.05) is 45.9 Å². The number of aryl methyl sites for hydroxylation is 2. The maximum absolute atomic E-state index is 12.0. The first-order chi connectivity index (χ1) is 12.1. The topological polar surface area (TPSA) is 87.6 Å². The number of carbonyl (C=O) groups excluding carboxylic acids is 3. The lowest BCUT2D eigenvalue weighted by Crippen LogP contribution is -2.31. The van der Waals surface area contributed by atoms with Gasteiger partial charge in [0, 0.05) is 37.1 Å². The Morgan fingerprint density at radius 2 is 1.77 bits per heavy atom. The lowest BCUT2D eigenvalue weighted by atomic mass is 9.76. The van der Waals surface area contributed by atoms with E-state index in [1.54, 1.807) is 0 Å². The molecule has 0 spiro atoms. The smallest absolute Gasteiger partial charge is 0.240 e. The molecule has 0 unspecified atom stereocenters. The van der Waals surface area contributed by atoms with Crippen molar-refractivity contribution in [2.45, 2.75) is 59.8 Å². The molecule has 140 valence electrons. The number of Topliss-reactive ketones (excluding diaryl/α,β-unsaturated/α-hetero) is 1. The van der Waals surface area contributed by atoms with Crippen molar-refractivity contribution in [2.24, 2.45) is 10.5 Å². The zero-order valence-corrected chi connectivity index (χ0v) is 15.9. The molecule has 1 saturated carbocycles. The number of hydrogen-bond acceptors (Lipinski definition) is 4. The van der Waals surface area contributed by atoms with E-state index in [9.17, 15) is 14.4 Å². The number of carbonyl (C=O) groups is 3. The van der Waals surface area contributed by atoms with Crippen molar-refractivity contribution < 1.29 is 14.4 Å². The molecule has 2 N–H and O–H groups in total. The maximum Gasteiger partial charge on any atom is 0.240 e. The number of rotatable bonds is 5. The molecule has 0 saturated heterocycles. The van der Waals surface area contributed by atoms with Gasteiger partial charge in [0.05, 0.1) is 0 Å². The Balaban J connectivity index is 1.79. The van der Waals surface area contributed by atoms with Crippen LogP contribution in [0.1, 0.15) is 57.1 Å². The van der Waals surface area contributed by atoms with Crippen LogP contribution in [0.2, 0.25) is 0 Å². The van der Waals surface area contributed by atoms with Crippen molar-refractivity contribution in [3.63, 3.8) is 0 Å². The fourth-order valence-electron chi connectivity index (χ4n) is 3.05. The highest BCUT2D eigenvalue weighted by Crippen LogP contribution is 2.31. The molecule has 0 aromatic heterocycles. The third-order valence-corrected chi connectivity index (χ3v) is 4.47. The van der Waals surface area contributed by atoms with Crippen molar-refractivity contribution >= 4 is 29.0 Å². The van der Waals surface area contributed by atoms with Gasteiger partial charge >= 0.3 is 0 Å². The molecule has 1 aliphatic carbocycles. The van der Waals surface area contributed by atoms with Gasteiger partial charge in [0.15, 0.2) is 0 Å². The average Bonchev–Trinajstić information content (AvgIpc) is 2.52. The molecular weight excluding hydrogens is 330 g/mol. The second-order valence-electron chi connectivity index (χ2n) is 7.79. The Hall–Kier alpha value is -2.50. The van der Waals surface area contributed by atoms with Crippen LogP contribution in [-0.4, -0.2) is 23.3 Å². The number of anilines is 1. The van der Waals surface area contributed by atoms with Gasteiger partial charge < -0.3 is 5.32 Å². The van der Waals surface area contributed by atoms with Crippen LogP contribution in [0.5, 0.6) is 0 Å². The fraction of sp³-hybridized carbons (Fsp3) is 0.500. The fourth-order valence-corrected chi connectivity index (χ4v) is 3.05. The third kappa shape index (κ3) is 6.10. The first-order valence-electron chi connectivity index (χ1n) is 8.88. The second kappa shape index (κ2) is 8.25. The Labute approximate surface area is 154 Å². The van der Waals surface area contributed by atoms with Crippen molar-refractivity contribution in [2.75, 3.05) is 5.32 Å². The van der Waals surface area contributed by atoms with Gasteiger partial charge in [-0.2, -0.15) is 5.10 Å². The summed E-state index contributed by atoms with van der Waals surface area (Å²) in [4.78, 5) is 35.6. The number of nitrogens with zero attached hydrogens (tertiary/aromatic N) is 1. The molecule has 0 atom stereocenters. The highest BCUT2D eigenvalue weighted by molar-refractivity contribution is 6.05. The van der Waals surface area contributed by atoms with Crippen LogP contribution < -0.4 is 10.7 Å². The SMILES string of the molecule is Cc1ccc(NC(=O)CCC(=O)N/N=C2\CC(=O)CC(C)(C)C2)cc1C. The van der Waals surface area contributed by atoms with Gasteiger partial charge in [-0.1, -0.05) is 19.9 Å². The number of ketones is 1. The molecule has 1 aliphatic rings. The second-order valence-corrected chi connectivity index (χ2v) is 7.79. The highest BCUT2D eigenvalue weighted by atomic mass is 16.2. The lowest BCUT2D eigenvalue weighted by molar-refractivity contribution is -0.124. The summed E-state index contributed by atoms with van der Waals surface area (Å²) in [6.45, 7) is 8.01. The van der Waals surface area contributed by atoms with Crippen LogP contribution in [0.3, 0.4) is 0 Å². The normalized spacial score (nSPS) is 17.8. The van der Waals surface area contributed by atoms with Crippen LogP contribution in [0.25, 0.3) is 0 Å². The molecule has 0 radical (unpaired) electrons. The molecule has 0 bridgehead atoms. The molecule has 6 nitrogen and oxygen atoms in total.